The molecule has 18 heavy (non-hydrogen) atoms. The average Bonchev–Trinajstić information content (AvgIpc) is 2.23. The van der Waals surface area contributed by atoms with Crippen LogP contribution in [-0.2, 0) is 4.79 Å². The maximum absolute atomic E-state index is 12.0. The molecule has 0 aromatic rings. The van der Waals surface area contributed by atoms with E-state index in [1.807, 2.05) is 6.92 Å². The van der Waals surface area contributed by atoms with Crippen molar-refractivity contribution in [3.05, 3.63) is 11.1 Å². The predicted molar refractivity (Wildman–Crippen MR) is 76.5 cm³/mol. The topological polar surface area (TPSA) is 41.1 Å². The summed E-state index contributed by atoms with van der Waals surface area (Å²) in [7, 11) is 0. The van der Waals surface area contributed by atoms with Crippen LogP contribution >= 0.6 is 0 Å². The van der Waals surface area contributed by atoms with Crippen LogP contribution in [0.2, 0.25) is 0 Å². The number of hydrogen-bond acceptors (Lipinski definition) is 2. The lowest BCUT2D eigenvalue weighted by Crippen LogP contribution is -2.39. The summed E-state index contributed by atoms with van der Waals surface area (Å²) >= 11 is 0. The van der Waals surface area contributed by atoms with Crippen LogP contribution < -0.4 is 10.6 Å². The van der Waals surface area contributed by atoms with Gasteiger partial charge in [0.25, 0.3) is 0 Å². The molecule has 0 radical (unpaired) electrons. The van der Waals surface area contributed by atoms with Crippen molar-refractivity contribution >= 4 is 5.91 Å². The van der Waals surface area contributed by atoms with E-state index in [2.05, 4.69) is 31.4 Å². The molecular weight excluding hydrogens is 224 g/mol. The van der Waals surface area contributed by atoms with Gasteiger partial charge in [-0.1, -0.05) is 40.0 Å². The van der Waals surface area contributed by atoms with Gasteiger partial charge < -0.3 is 10.6 Å². The fourth-order valence-electron chi connectivity index (χ4n) is 2.07. The van der Waals surface area contributed by atoms with Gasteiger partial charge in [-0.05, 0) is 24.3 Å². The Bertz CT molecular complexity index is 312. The van der Waals surface area contributed by atoms with E-state index in [1.165, 1.54) is 31.3 Å². The number of carbonyl (C=O) groups is 1. The lowest BCUT2D eigenvalue weighted by Gasteiger charge is -2.26. The molecule has 0 spiro atoms. The number of unbranched alkanes of at least 4 members (excludes halogenated alkanes) is 2. The second-order valence-corrected chi connectivity index (χ2v) is 6.14. The molecule has 0 bridgehead atoms. The molecule has 0 aromatic heterocycles. The third kappa shape index (κ3) is 4.81. The van der Waals surface area contributed by atoms with Crippen molar-refractivity contribution in [1.82, 2.24) is 10.6 Å². The minimum atomic E-state index is 0.107. The first-order valence-corrected chi connectivity index (χ1v) is 7.14. The Morgan fingerprint density at radius 1 is 1.33 bits per heavy atom. The number of nitrogens with one attached hydrogen (secondary N) is 2. The van der Waals surface area contributed by atoms with Crippen LogP contribution in [0.4, 0.5) is 0 Å². The van der Waals surface area contributed by atoms with Crippen molar-refractivity contribution in [3.63, 3.8) is 0 Å². The summed E-state index contributed by atoms with van der Waals surface area (Å²) in [5.41, 5.74) is 2.35. The molecule has 1 amide bonds. The van der Waals surface area contributed by atoms with Gasteiger partial charge in [0.15, 0.2) is 0 Å². The van der Waals surface area contributed by atoms with E-state index in [0.29, 0.717) is 0 Å². The SMILES string of the molecule is CCCCCC(C)(C)CNC(=O)C(C)=C1CNC1. The Morgan fingerprint density at radius 2 is 2.00 bits per heavy atom. The van der Waals surface area contributed by atoms with Gasteiger partial charge in [0.05, 0.1) is 0 Å². The maximum Gasteiger partial charge on any atom is 0.246 e. The van der Waals surface area contributed by atoms with Crippen molar-refractivity contribution in [2.24, 2.45) is 5.41 Å². The second-order valence-electron chi connectivity index (χ2n) is 6.14. The fraction of sp³-hybridized carbons (Fsp3) is 0.800. The van der Waals surface area contributed by atoms with Crippen molar-refractivity contribution in [2.75, 3.05) is 19.6 Å². The summed E-state index contributed by atoms with van der Waals surface area (Å²) in [4.78, 5) is 12.0. The molecule has 1 rings (SSSR count). The zero-order valence-electron chi connectivity index (χ0n) is 12.4. The molecule has 1 heterocycles. The molecule has 3 nitrogen and oxygen atoms in total. The van der Waals surface area contributed by atoms with Gasteiger partial charge >= 0.3 is 0 Å². The normalized spacial score (nSPS) is 15.2. The standard InChI is InChI=1S/C15H28N2O/c1-5-6-7-8-15(3,4)11-17-14(18)12(2)13-9-16-10-13/h16H,5-11H2,1-4H3,(H,17,18). The zero-order chi connectivity index (χ0) is 13.6. The molecular formula is C15H28N2O. The van der Waals surface area contributed by atoms with E-state index in [4.69, 9.17) is 0 Å². The Kier molecular flexibility index (Phi) is 5.86. The summed E-state index contributed by atoms with van der Waals surface area (Å²) < 4.78 is 0. The Labute approximate surface area is 111 Å². The van der Waals surface area contributed by atoms with E-state index >= 15 is 0 Å². The van der Waals surface area contributed by atoms with Crippen LogP contribution in [0.3, 0.4) is 0 Å². The summed E-state index contributed by atoms with van der Waals surface area (Å²) in [5.74, 6) is 0.107. The first kappa shape index (κ1) is 15.2. The largest absolute Gasteiger partial charge is 0.352 e. The van der Waals surface area contributed by atoms with Crippen LogP contribution in [0.25, 0.3) is 0 Å². The lowest BCUT2D eigenvalue weighted by molar-refractivity contribution is -0.118. The second kappa shape index (κ2) is 6.93. The number of hydrogen-bond donors (Lipinski definition) is 2. The molecule has 0 unspecified atom stereocenters. The van der Waals surface area contributed by atoms with Crippen molar-refractivity contribution in [3.8, 4) is 0 Å². The predicted octanol–water partition coefficient (Wildman–Crippen LogP) is 2.63. The highest BCUT2D eigenvalue weighted by molar-refractivity contribution is 5.93. The Morgan fingerprint density at radius 3 is 2.50 bits per heavy atom. The summed E-state index contributed by atoms with van der Waals surface area (Å²) in [5, 5.41) is 6.24. The smallest absolute Gasteiger partial charge is 0.246 e. The van der Waals surface area contributed by atoms with Crippen molar-refractivity contribution in [1.29, 1.82) is 0 Å². The summed E-state index contributed by atoms with van der Waals surface area (Å²) in [6, 6.07) is 0. The van der Waals surface area contributed by atoms with E-state index in [0.717, 1.165) is 25.2 Å². The van der Waals surface area contributed by atoms with Crippen molar-refractivity contribution in [2.45, 2.75) is 53.4 Å². The molecule has 0 aliphatic carbocycles. The third-order valence-electron chi connectivity index (χ3n) is 3.73. The molecule has 2 N–H and O–H groups in total. The first-order valence-electron chi connectivity index (χ1n) is 7.14. The quantitative estimate of drug-likeness (QED) is 0.540. The monoisotopic (exact) mass is 252 g/mol. The minimum absolute atomic E-state index is 0.107. The molecule has 104 valence electrons. The van der Waals surface area contributed by atoms with Crippen molar-refractivity contribution < 1.29 is 4.79 Å². The van der Waals surface area contributed by atoms with E-state index in [9.17, 15) is 4.79 Å². The highest BCUT2D eigenvalue weighted by Crippen LogP contribution is 2.22. The highest BCUT2D eigenvalue weighted by atomic mass is 16.1. The van der Waals surface area contributed by atoms with Gasteiger partial charge in [-0.3, -0.25) is 4.79 Å². The van der Waals surface area contributed by atoms with Crippen LogP contribution in [-0.4, -0.2) is 25.5 Å². The summed E-state index contributed by atoms with van der Waals surface area (Å²) in [6.07, 6.45) is 4.97. The molecule has 0 aromatic carbocycles. The van der Waals surface area contributed by atoms with Gasteiger partial charge in [-0.2, -0.15) is 0 Å². The van der Waals surface area contributed by atoms with E-state index in [1.54, 1.807) is 0 Å². The highest BCUT2D eigenvalue weighted by Gasteiger charge is 2.20. The average molecular weight is 252 g/mol. The van der Waals surface area contributed by atoms with Gasteiger partial charge in [0.1, 0.15) is 0 Å². The third-order valence-corrected chi connectivity index (χ3v) is 3.73. The molecule has 0 atom stereocenters. The van der Waals surface area contributed by atoms with Gasteiger partial charge in [-0.25, -0.2) is 0 Å². The maximum atomic E-state index is 12.0. The van der Waals surface area contributed by atoms with Gasteiger partial charge in [-0.15, -0.1) is 0 Å². The minimum Gasteiger partial charge on any atom is -0.352 e. The molecule has 0 saturated carbocycles. The zero-order valence-corrected chi connectivity index (χ0v) is 12.4. The molecule has 3 heteroatoms. The number of rotatable bonds is 7. The van der Waals surface area contributed by atoms with Crippen LogP contribution in [0.1, 0.15) is 53.4 Å². The van der Waals surface area contributed by atoms with E-state index in [-0.39, 0.29) is 11.3 Å². The molecule has 1 saturated heterocycles. The van der Waals surface area contributed by atoms with Crippen LogP contribution in [0.15, 0.2) is 11.1 Å². The number of amides is 1. The molecule has 1 fully saturated rings. The Hall–Kier alpha value is -0.830. The Balaban J connectivity index is 2.32. The van der Waals surface area contributed by atoms with E-state index < -0.39 is 0 Å². The lowest BCUT2D eigenvalue weighted by atomic mass is 9.86. The van der Waals surface area contributed by atoms with Gasteiger partial charge in [0, 0.05) is 25.2 Å². The van der Waals surface area contributed by atoms with Crippen LogP contribution in [0.5, 0.6) is 0 Å². The molecule has 1 aliphatic heterocycles. The first-order chi connectivity index (χ1) is 8.46. The summed E-state index contributed by atoms with van der Waals surface area (Å²) in [6.45, 7) is 11.1. The van der Waals surface area contributed by atoms with Crippen LogP contribution in [0, 0.1) is 5.41 Å². The number of carbonyl (C=O) groups excluding carboxylic acids is 1. The fourth-order valence-corrected chi connectivity index (χ4v) is 2.07. The van der Waals surface area contributed by atoms with Gasteiger partial charge in [0.2, 0.25) is 5.91 Å². The molecule has 1 aliphatic rings.